The second-order valence-corrected chi connectivity index (χ2v) is 5.47. The van der Waals surface area contributed by atoms with Crippen molar-refractivity contribution in [1.82, 2.24) is 15.3 Å². The summed E-state index contributed by atoms with van der Waals surface area (Å²) in [4.78, 5) is 9.82. The molecular weight excluding hydrogens is 254 g/mol. The van der Waals surface area contributed by atoms with Crippen molar-refractivity contribution in [2.75, 3.05) is 6.54 Å². The minimum absolute atomic E-state index is 0.388. The Kier molecular flexibility index (Phi) is 4.93. The van der Waals surface area contributed by atoms with Crippen molar-refractivity contribution >= 4 is 11.8 Å². The zero-order chi connectivity index (χ0) is 13.7. The smallest absolute Gasteiger partial charge is 0.192 e. The molecule has 0 saturated heterocycles. The summed E-state index contributed by atoms with van der Waals surface area (Å²) in [7, 11) is 0. The van der Waals surface area contributed by atoms with E-state index in [4.69, 9.17) is 0 Å². The molecule has 1 atom stereocenters. The van der Waals surface area contributed by atoms with Crippen molar-refractivity contribution in [2.45, 2.75) is 36.9 Å². The first-order valence-corrected chi connectivity index (χ1v) is 7.31. The minimum atomic E-state index is 0.388. The Morgan fingerprint density at radius 3 is 2.58 bits per heavy atom. The highest BCUT2D eigenvalue weighted by Gasteiger charge is 2.05. The summed E-state index contributed by atoms with van der Waals surface area (Å²) in [5.41, 5.74) is 2.30. The quantitative estimate of drug-likeness (QED) is 0.845. The van der Waals surface area contributed by atoms with E-state index >= 15 is 0 Å². The lowest BCUT2D eigenvalue weighted by Gasteiger charge is -2.12. The van der Waals surface area contributed by atoms with E-state index in [-0.39, 0.29) is 0 Å². The van der Waals surface area contributed by atoms with E-state index in [0.717, 1.165) is 22.3 Å². The molecule has 1 unspecified atom stereocenters. The number of hydrogen-bond acceptors (Lipinski definition) is 4. The summed E-state index contributed by atoms with van der Waals surface area (Å²) < 4.78 is 0. The molecule has 2 aromatic rings. The van der Waals surface area contributed by atoms with Crippen LogP contribution in [0.2, 0.25) is 0 Å². The van der Waals surface area contributed by atoms with Crippen LogP contribution >= 0.6 is 11.8 Å². The number of aromatic nitrogens is 2. The van der Waals surface area contributed by atoms with Gasteiger partial charge in [0.15, 0.2) is 5.16 Å². The average molecular weight is 273 g/mol. The van der Waals surface area contributed by atoms with Crippen molar-refractivity contribution in [3.8, 4) is 0 Å². The van der Waals surface area contributed by atoms with Gasteiger partial charge in [-0.25, -0.2) is 9.97 Å². The molecule has 0 radical (unpaired) electrons. The fraction of sp³-hybridized carbons (Fsp3) is 0.333. The highest BCUT2D eigenvalue weighted by Crippen LogP contribution is 2.25. The summed E-state index contributed by atoms with van der Waals surface area (Å²) in [6.07, 6.45) is 1.80. The summed E-state index contributed by atoms with van der Waals surface area (Å²) in [6.45, 7) is 7.26. The molecule has 0 bridgehead atoms. The normalized spacial score (nSPS) is 12.4. The predicted molar refractivity (Wildman–Crippen MR) is 79.4 cm³/mol. The highest BCUT2D eigenvalue weighted by molar-refractivity contribution is 7.99. The molecule has 1 N–H and O–H groups in total. The Balaban J connectivity index is 2.06. The van der Waals surface area contributed by atoms with Gasteiger partial charge in [0, 0.05) is 22.8 Å². The van der Waals surface area contributed by atoms with Crippen LogP contribution < -0.4 is 5.32 Å². The van der Waals surface area contributed by atoms with Crippen LogP contribution in [0.5, 0.6) is 0 Å². The summed E-state index contributed by atoms with van der Waals surface area (Å²) in [6, 6.07) is 10.9. The number of nitrogens with zero attached hydrogens (tertiary/aromatic N) is 2. The van der Waals surface area contributed by atoms with Crippen LogP contribution in [0.1, 0.15) is 31.1 Å². The molecule has 1 aromatic carbocycles. The fourth-order valence-electron chi connectivity index (χ4n) is 1.83. The van der Waals surface area contributed by atoms with E-state index < -0.39 is 0 Å². The van der Waals surface area contributed by atoms with Crippen LogP contribution in [0.3, 0.4) is 0 Å². The molecule has 0 spiro atoms. The number of nitrogens with one attached hydrogen (secondary N) is 1. The molecule has 0 aliphatic rings. The second-order valence-electron chi connectivity index (χ2n) is 4.43. The van der Waals surface area contributed by atoms with E-state index in [0.29, 0.717) is 6.04 Å². The Morgan fingerprint density at radius 1 is 1.21 bits per heavy atom. The third-order valence-corrected chi connectivity index (χ3v) is 3.76. The average Bonchev–Trinajstić information content (AvgIpc) is 2.40. The van der Waals surface area contributed by atoms with Crippen LogP contribution in [0.15, 0.2) is 46.6 Å². The third kappa shape index (κ3) is 4.04. The maximum atomic E-state index is 4.39. The Bertz CT molecular complexity index is 525. The zero-order valence-corrected chi connectivity index (χ0v) is 12.4. The van der Waals surface area contributed by atoms with Crippen molar-refractivity contribution in [2.24, 2.45) is 0 Å². The van der Waals surface area contributed by atoms with Gasteiger partial charge >= 0.3 is 0 Å². The molecule has 1 heterocycles. The SMILES string of the molecule is CCNC(C)c1ccc(Sc2nccc(C)n2)cc1. The highest BCUT2D eigenvalue weighted by atomic mass is 32.2. The van der Waals surface area contributed by atoms with E-state index in [9.17, 15) is 0 Å². The second kappa shape index (κ2) is 6.68. The van der Waals surface area contributed by atoms with Crippen molar-refractivity contribution in [3.63, 3.8) is 0 Å². The van der Waals surface area contributed by atoms with Crippen LogP contribution in [0.25, 0.3) is 0 Å². The molecule has 2 rings (SSSR count). The van der Waals surface area contributed by atoms with Gasteiger partial charge in [-0.1, -0.05) is 19.1 Å². The Morgan fingerprint density at radius 2 is 1.95 bits per heavy atom. The fourth-order valence-corrected chi connectivity index (χ4v) is 2.62. The molecule has 0 saturated carbocycles. The first-order chi connectivity index (χ1) is 9.19. The molecule has 19 heavy (non-hydrogen) atoms. The summed E-state index contributed by atoms with van der Waals surface area (Å²) >= 11 is 1.59. The molecule has 0 aliphatic heterocycles. The van der Waals surface area contributed by atoms with Crippen molar-refractivity contribution < 1.29 is 0 Å². The molecule has 1 aromatic heterocycles. The Labute approximate surface area is 118 Å². The third-order valence-electron chi connectivity index (χ3n) is 2.87. The van der Waals surface area contributed by atoms with Crippen LogP contribution in [0.4, 0.5) is 0 Å². The molecule has 0 fully saturated rings. The molecule has 3 nitrogen and oxygen atoms in total. The van der Waals surface area contributed by atoms with Gasteiger partial charge in [-0.05, 0) is 55.9 Å². The summed E-state index contributed by atoms with van der Waals surface area (Å²) in [5.74, 6) is 0. The van der Waals surface area contributed by atoms with Gasteiger partial charge in [0.1, 0.15) is 0 Å². The van der Waals surface area contributed by atoms with E-state index in [1.807, 2.05) is 13.0 Å². The summed E-state index contributed by atoms with van der Waals surface area (Å²) in [5, 5.41) is 4.21. The Hall–Kier alpha value is -1.39. The molecule has 4 heteroatoms. The van der Waals surface area contributed by atoms with Crippen LogP contribution in [-0.2, 0) is 0 Å². The van der Waals surface area contributed by atoms with Crippen LogP contribution in [0, 0.1) is 6.92 Å². The van der Waals surface area contributed by atoms with E-state index in [1.165, 1.54) is 5.56 Å². The van der Waals surface area contributed by atoms with Gasteiger partial charge in [-0.3, -0.25) is 0 Å². The monoisotopic (exact) mass is 273 g/mol. The van der Waals surface area contributed by atoms with Gasteiger partial charge in [-0.2, -0.15) is 0 Å². The molecular formula is C15H19N3S. The number of benzene rings is 1. The lowest BCUT2D eigenvalue weighted by molar-refractivity contribution is 0.598. The lowest BCUT2D eigenvalue weighted by Crippen LogP contribution is -2.17. The van der Waals surface area contributed by atoms with Crippen molar-refractivity contribution in [1.29, 1.82) is 0 Å². The van der Waals surface area contributed by atoms with Gasteiger partial charge in [-0.15, -0.1) is 0 Å². The standard InChI is InChI=1S/C15H19N3S/c1-4-16-12(3)13-5-7-14(8-6-13)19-15-17-10-9-11(2)18-15/h5-10,12,16H,4H2,1-3H3. The number of rotatable bonds is 5. The topological polar surface area (TPSA) is 37.8 Å². The van der Waals surface area contributed by atoms with Crippen LogP contribution in [-0.4, -0.2) is 16.5 Å². The van der Waals surface area contributed by atoms with E-state index in [2.05, 4.69) is 53.4 Å². The number of aryl methyl sites for hydroxylation is 1. The van der Waals surface area contributed by atoms with Gasteiger partial charge in [0.25, 0.3) is 0 Å². The van der Waals surface area contributed by atoms with Gasteiger partial charge < -0.3 is 5.32 Å². The first kappa shape index (κ1) is 14.0. The molecule has 100 valence electrons. The van der Waals surface area contributed by atoms with E-state index in [1.54, 1.807) is 18.0 Å². The minimum Gasteiger partial charge on any atom is -0.310 e. The number of hydrogen-bond donors (Lipinski definition) is 1. The zero-order valence-electron chi connectivity index (χ0n) is 11.6. The maximum absolute atomic E-state index is 4.39. The first-order valence-electron chi connectivity index (χ1n) is 6.50. The van der Waals surface area contributed by atoms with Gasteiger partial charge in [0.05, 0.1) is 0 Å². The molecule has 0 amide bonds. The largest absolute Gasteiger partial charge is 0.310 e. The maximum Gasteiger partial charge on any atom is 0.192 e. The lowest BCUT2D eigenvalue weighted by atomic mass is 10.1. The van der Waals surface area contributed by atoms with Crippen molar-refractivity contribution in [3.05, 3.63) is 47.8 Å². The van der Waals surface area contributed by atoms with Gasteiger partial charge in [0.2, 0.25) is 0 Å². The molecule has 0 aliphatic carbocycles. The predicted octanol–water partition coefficient (Wildman–Crippen LogP) is 3.61.